The molecule has 0 aromatic heterocycles. The van der Waals surface area contributed by atoms with Crippen LogP contribution in [0, 0.1) is 0 Å². The van der Waals surface area contributed by atoms with E-state index in [-0.39, 0.29) is 10.8 Å². The van der Waals surface area contributed by atoms with Crippen molar-refractivity contribution in [2.45, 2.75) is 11.7 Å². The number of ether oxygens (including phenoxy) is 1. The first-order chi connectivity index (χ1) is 6.43. The van der Waals surface area contributed by atoms with Crippen LogP contribution < -0.4 is 4.74 Å². The van der Waals surface area contributed by atoms with Crippen molar-refractivity contribution >= 4 is 23.2 Å². The van der Waals surface area contributed by atoms with E-state index in [1.165, 1.54) is 24.3 Å². The minimum Gasteiger partial charge on any atom is -0.428 e. The number of halogens is 5. The van der Waals surface area contributed by atoms with Crippen LogP contribution >= 0.6 is 23.2 Å². The van der Waals surface area contributed by atoms with Gasteiger partial charge >= 0.3 is 6.11 Å². The lowest BCUT2D eigenvalue weighted by molar-refractivity contribution is -0.198. The van der Waals surface area contributed by atoms with Crippen LogP contribution in [-0.4, -0.2) is 11.7 Å². The molecular formula is C8H5Cl2F3O. The van der Waals surface area contributed by atoms with E-state index >= 15 is 0 Å². The second-order valence-corrected chi connectivity index (χ2v) is 3.19. The van der Waals surface area contributed by atoms with E-state index in [1.54, 1.807) is 0 Å². The first-order valence-corrected chi connectivity index (χ1v) is 4.34. The summed E-state index contributed by atoms with van der Waals surface area (Å²) < 4.78 is 41.4. The number of benzene rings is 1. The molecule has 14 heavy (non-hydrogen) atoms. The number of para-hydroxylation sites is 1. The monoisotopic (exact) mass is 244 g/mol. The summed E-state index contributed by atoms with van der Waals surface area (Å²) >= 11 is 10.1. The van der Waals surface area contributed by atoms with Gasteiger partial charge in [0.2, 0.25) is 0 Å². The largest absolute Gasteiger partial charge is 0.444 e. The van der Waals surface area contributed by atoms with Crippen molar-refractivity contribution in [2.24, 2.45) is 0 Å². The zero-order chi connectivity index (χ0) is 10.8. The Hall–Kier alpha value is -0.610. The van der Waals surface area contributed by atoms with Crippen LogP contribution in [0.5, 0.6) is 5.75 Å². The molecule has 78 valence electrons. The molecule has 0 saturated heterocycles. The van der Waals surface area contributed by atoms with Crippen LogP contribution in [0.15, 0.2) is 24.3 Å². The van der Waals surface area contributed by atoms with Crippen LogP contribution in [0.3, 0.4) is 0 Å². The van der Waals surface area contributed by atoms with E-state index < -0.39 is 11.7 Å². The molecule has 1 atom stereocenters. The van der Waals surface area contributed by atoms with Gasteiger partial charge in [-0.15, -0.1) is 0 Å². The highest BCUT2D eigenvalue weighted by atomic mass is 35.5. The zero-order valence-electron chi connectivity index (χ0n) is 6.68. The lowest BCUT2D eigenvalue weighted by Gasteiger charge is -2.18. The number of alkyl halides is 4. The molecule has 0 saturated carbocycles. The van der Waals surface area contributed by atoms with Crippen molar-refractivity contribution in [3.05, 3.63) is 29.3 Å². The number of hydrogen-bond acceptors (Lipinski definition) is 1. The van der Waals surface area contributed by atoms with Crippen molar-refractivity contribution in [3.8, 4) is 5.75 Å². The van der Waals surface area contributed by atoms with Gasteiger partial charge in [-0.25, -0.2) is 4.39 Å². The van der Waals surface area contributed by atoms with Gasteiger partial charge in [-0.1, -0.05) is 35.3 Å². The number of rotatable bonds is 3. The molecule has 1 nitrogen and oxygen atoms in total. The van der Waals surface area contributed by atoms with Crippen molar-refractivity contribution in [1.82, 2.24) is 0 Å². The average Bonchev–Trinajstić information content (AvgIpc) is 2.08. The Balaban J connectivity index is 2.84. The maximum Gasteiger partial charge on any atom is 0.444 e. The number of hydrogen-bond donors (Lipinski definition) is 0. The lowest BCUT2D eigenvalue weighted by atomic mass is 10.3. The van der Waals surface area contributed by atoms with Gasteiger partial charge in [0.05, 0.1) is 5.02 Å². The molecule has 0 amide bonds. The van der Waals surface area contributed by atoms with Crippen LogP contribution in [0.2, 0.25) is 5.02 Å². The summed E-state index contributed by atoms with van der Waals surface area (Å²) in [4.78, 5) is 0. The molecule has 1 unspecified atom stereocenters. The first kappa shape index (κ1) is 11.5. The van der Waals surface area contributed by atoms with Gasteiger partial charge in [-0.05, 0) is 12.1 Å². The standard InChI is InChI=1S/C8H5Cl2F3O/c9-5-3-1-2-4-6(5)14-8(12,13)7(10)11/h1-4,7H. The Bertz CT molecular complexity index is 317. The lowest BCUT2D eigenvalue weighted by Crippen LogP contribution is -2.32. The van der Waals surface area contributed by atoms with E-state index in [0.717, 1.165) is 0 Å². The molecular weight excluding hydrogens is 240 g/mol. The highest BCUT2D eigenvalue weighted by molar-refractivity contribution is 6.32. The van der Waals surface area contributed by atoms with Crippen molar-refractivity contribution in [3.63, 3.8) is 0 Å². The summed E-state index contributed by atoms with van der Waals surface area (Å²) in [7, 11) is 0. The Morgan fingerprint density at radius 2 is 1.86 bits per heavy atom. The Morgan fingerprint density at radius 3 is 2.36 bits per heavy atom. The Labute approximate surface area is 88.4 Å². The molecule has 0 heterocycles. The smallest absolute Gasteiger partial charge is 0.428 e. The summed E-state index contributed by atoms with van der Waals surface area (Å²) in [5.74, 6) is -0.317. The fourth-order valence-corrected chi connectivity index (χ4v) is 0.938. The Morgan fingerprint density at radius 1 is 1.29 bits per heavy atom. The normalized spacial score (nSPS) is 13.8. The SMILES string of the molecule is FC(Cl)C(F)(F)Oc1ccccc1Cl. The third kappa shape index (κ3) is 2.69. The highest BCUT2D eigenvalue weighted by Crippen LogP contribution is 2.32. The molecule has 1 rings (SSSR count). The van der Waals surface area contributed by atoms with E-state index in [4.69, 9.17) is 11.6 Å². The molecule has 6 heteroatoms. The molecule has 0 bridgehead atoms. The van der Waals surface area contributed by atoms with E-state index in [1.807, 2.05) is 0 Å². The van der Waals surface area contributed by atoms with E-state index in [2.05, 4.69) is 16.3 Å². The van der Waals surface area contributed by atoms with Crippen LogP contribution in [0.1, 0.15) is 0 Å². The molecule has 0 fully saturated rings. The second-order valence-electron chi connectivity index (χ2n) is 2.39. The summed E-state index contributed by atoms with van der Waals surface area (Å²) in [6.07, 6.45) is -4.09. The van der Waals surface area contributed by atoms with Gasteiger partial charge in [0.15, 0.2) is 0 Å². The van der Waals surface area contributed by atoms with E-state index in [0.29, 0.717) is 0 Å². The maximum atomic E-state index is 12.6. The van der Waals surface area contributed by atoms with Crippen molar-refractivity contribution in [2.75, 3.05) is 0 Å². The van der Waals surface area contributed by atoms with Gasteiger partial charge in [-0.3, -0.25) is 0 Å². The van der Waals surface area contributed by atoms with Gasteiger partial charge in [0.1, 0.15) is 5.75 Å². The fourth-order valence-electron chi connectivity index (χ4n) is 0.719. The van der Waals surface area contributed by atoms with E-state index in [9.17, 15) is 13.2 Å². The molecule has 0 aliphatic heterocycles. The first-order valence-electron chi connectivity index (χ1n) is 3.53. The topological polar surface area (TPSA) is 9.23 Å². The minimum atomic E-state index is -4.09. The van der Waals surface area contributed by atoms with Crippen molar-refractivity contribution in [1.29, 1.82) is 0 Å². The quantitative estimate of drug-likeness (QED) is 0.735. The van der Waals surface area contributed by atoms with Gasteiger partial charge in [0.25, 0.3) is 5.63 Å². The summed E-state index contributed by atoms with van der Waals surface area (Å²) in [6, 6.07) is 5.49. The predicted molar refractivity (Wildman–Crippen MR) is 47.8 cm³/mol. The van der Waals surface area contributed by atoms with Gasteiger partial charge in [-0.2, -0.15) is 8.78 Å². The molecule has 0 aliphatic rings. The fraction of sp³-hybridized carbons (Fsp3) is 0.250. The molecule has 1 aromatic rings. The molecule has 0 aliphatic carbocycles. The highest BCUT2D eigenvalue weighted by Gasteiger charge is 2.42. The Kier molecular flexibility index (Phi) is 3.50. The third-order valence-corrected chi connectivity index (χ3v) is 1.90. The molecule has 0 spiro atoms. The predicted octanol–water partition coefficient (Wildman–Crippen LogP) is 3.85. The zero-order valence-corrected chi connectivity index (χ0v) is 8.20. The average molecular weight is 245 g/mol. The molecule has 0 radical (unpaired) electrons. The van der Waals surface area contributed by atoms with Crippen molar-refractivity contribution < 1.29 is 17.9 Å². The molecule has 0 N–H and O–H groups in total. The van der Waals surface area contributed by atoms with Crippen LogP contribution in [0.25, 0.3) is 0 Å². The van der Waals surface area contributed by atoms with Crippen LogP contribution in [0.4, 0.5) is 13.2 Å². The van der Waals surface area contributed by atoms with Gasteiger partial charge < -0.3 is 4.74 Å². The third-order valence-electron chi connectivity index (χ3n) is 1.34. The summed E-state index contributed by atoms with van der Waals surface area (Å²) in [5.41, 5.74) is -2.92. The van der Waals surface area contributed by atoms with Gasteiger partial charge in [0, 0.05) is 0 Å². The summed E-state index contributed by atoms with van der Waals surface area (Å²) in [5, 5.41) is -0.0375. The molecule has 1 aromatic carbocycles. The minimum absolute atomic E-state index is 0.0375. The van der Waals surface area contributed by atoms with Crippen LogP contribution in [-0.2, 0) is 0 Å². The maximum absolute atomic E-state index is 12.6. The summed E-state index contributed by atoms with van der Waals surface area (Å²) in [6.45, 7) is 0. The second kappa shape index (κ2) is 4.28.